The lowest BCUT2D eigenvalue weighted by Gasteiger charge is -2.25. The maximum atomic E-state index is 13.2. The van der Waals surface area contributed by atoms with E-state index in [1.807, 2.05) is 18.2 Å². The highest BCUT2D eigenvalue weighted by atomic mass is 19.4. The van der Waals surface area contributed by atoms with E-state index in [4.69, 9.17) is 4.74 Å². The number of hydrogen-bond donors (Lipinski definition) is 1. The smallest absolute Gasteiger partial charge is 0.433 e. The fraction of sp³-hybridized carbons (Fsp3) is 0.333. The van der Waals surface area contributed by atoms with Crippen LogP contribution < -0.4 is 10.1 Å². The number of hydrogen-bond acceptors (Lipinski definition) is 4. The van der Waals surface area contributed by atoms with Crippen molar-refractivity contribution in [3.63, 3.8) is 0 Å². The molecule has 1 N–H and O–H groups in total. The van der Waals surface area contributed by atoms with Crippen molar-refractivity contribution in [2.75, 3.05) is 12.0 Å². The van der Waals surface area contributed by atoms with Crippen LogP contribution in [0.2, 0.25) is 0 Å². The molecule has 1 aliphatic carbocycles. The van der Waals surface area contributed by atoms with Crippen LogP contribution in [0.1, 0.15) is 36.7 Å². The van der Waals surface area contributed by atoms with Gasteiger partial charge in [-0.2, -0.15) is 13.2 Å². The summed E-state index contributed by atoms with van der Waals surface area (Å²) in [5.74, 6) is 1.69. The van der Waals surface area contributed by atoms with Gasteiger partial charge in [0.15, 0.2) is 12.4 Å². The number of nitrogens with one attached hydrogen (secondary N) is 1. The Bertz CT molecular complexity index is 1010. The molecule has 5 rings (SSSR count). The molecular weight excluding hydrogens is 345 g/mol. The van der Waals surface area contributed by atoms with E-state index in [1.54, 1.807) is 4.57 Å². The second-order valence-electron chi connectivity index (χ2n) is 6.62. The largest absolute Gasteiger partial charge is 0.471 e. The lowest BCUT2D eigenvalue weighted by Crippen LogP contribution is -2.15. The minimum Gasteiger partial charge on any atom is -0.471 e. The molecule has 0 unspecified atom stereocenters. The standard InChI is InChI=1S/C18H15F3N4O/c19-18(20,21)15-7-6-13-17(24-15)25(16(23-13)10-2-1-3-10)11-4-5-12-14(8-11)26-9-22-12/h4-8,10,22H,1-3,9H2. The highest BCUT2D eigenvalue weighted by molar-refractivity contribution is 5.76. The summed E-state index contributed by atoms with van der Waals surface area (Å²) in [6, 6.07) is 7.92. The van der Waals surface area contributed by atoms with Crippen LogP contribution in [0.4, 0.5) is 18.9 Å². The molecule has 0 amide bonds. The molecule has 0 bridgehead atoms. The van der Waals surface area contributed by atoms with Crippen molar-refractivity contribution in [3.8, 4) is 11.4 Å². The normalized spacial score (nSPS) is 16.9. The predicted octanol–water partition coefficient (Wildman–Crippen LogP) is 4.47. The van der Waals surface area contributed by atoms with E-state index in [0.717, 1.165) is 36.8 Å². The molecule has 1 aromatic carbocycles. The molecule has 0 spiro atoms. The third kappa shape index (κ3) is 2.32. The molecule has 26 heavy (non-hydrogen) atoms. The summed E-state index contributed by atoms with van der Waals surface area (Å²) in [5.41, 5.74) is 1.37. The Morgan fingerprint density at radius 1 is 1.12 bits per heavy atom. The molecule has 3 heterocycles. The third-order valence-electron chi connectivity index (χ3n) is 5.00. The van der Waals surface area contributed by atoms with Crippen molar-refractivity contribution < 1.29 is 17.9 Å². The van der Waals surface area contributed by atoms with Crippen LogP contribution >= 0.6 is 0 Å². The molecule has 1 fully saturated rings. The number of fused-ring (bicyclic) bond motifs is 2. The fourth-order valence-electron chi connectivity index (χ4n) is 3.43. The van der Waals surface area contributed by atoms with Gasteiger partial charge in [0.05, 0.1) is 11.4 Å². The van der Waals surface area contributed by atoms with Gasteiger partial charge in [0, 0.05) is 12.0 Å². The van der Waals surface area contributed by atoms with E-state index in [-0.39, 0.29) is 11.6 Å². The van der Waals surface area contributed by atoms with Gasteiger partial charge in [-0.15, -0.1) is 0 Å². The maximum absolute atomic E-state index is 13.2. The summed E-state index contributed by atoms with van der Waals surface area (Å²) >= 11 is 0. The van der Waals surface area contributed by atoms with Crippen LogP contribution in [0.15, 0.2) is 30.3 Å². The van der Waals surface area contributed by atoms with E-state index >= 15 is 0 Å². The van der Waals surface area contributed by atoms with Gasteiger partial charge in [-0.25, -0.2) is 9.97 Å². The Hall–Kier alpha value is -2.77. The van der Waals surface area contributed by atoms with Crippen molar-refractivity contribution in [3.05, 3.63) is 41.9 Å². The number of benzene rings is 1. The van der Waals surface area contributed by atoms with Crippen molar-refractivity contribution in [2.45, 2.75) is 31.4 Å². The monoisotopic (exact) mass is 360 g/mol. The maximum Gasteiger partial charge on any atom is 0.433 e. The first kappa shape index (κ1) is 15.5. The quantitative estimate of drug-likeness (QED) is 0.733. The summed E-state index contributed by atoms with van der Waals surface area (Å²) in [6.45, 7) is 0.384. The van der Waals surface area contributed by atoms with Gasteiger partial charge in [0.2, 0.25) is 0 Å². The van der Waals surface area contributed by atoms with Crippen molar-refractivity contribution in [2.24, 2.45) is 0 Å². The molecule has 0 radical (unpaired) electrons. The van der Waals surface area contributed by atoms with E-state index in [9.17, 15) is 13.2 Å². The molecule has 3 aromatic rings. The van der Waals surface area contributed by atoms with Crippen molar-refractivity contribution >= 4 is 16.9 Å². The molecule has 0 saturated heterocycles. The second-order valence-corrected chi connectivity index (χ2v) is 6.62. The second kappa shape index (κ2) is 5.36. The Kier molecular flexibility index (Phi) is 3.19. The molecule has 2 aromatic heterocycles. The van der Waals surface area contributed by atoms with Gasteiger partial charge in [0.25, 0.3) is 0 Å². The fourth-order valence-corrected chi connectivity index (χ4v) is 3.43. The Balaban J connectivity index is 1.75. The van der Waals surface area contributed by atoms with Gasteiger partial charge in [-0.1, -0.05) is 6.42 Å². The van der Waals surface area contributed by atoms with E-state index < -0.39 is 11.9 Å². The van der Waals surface area contributed by atoms with E-state index in [1.165, 1.54) is 6.07 Å². The number of pyridine rings is 1. The lowest BCUT2D eigenvalue weighted by atomic mass is 9.85. The van der Waals surface area contributed by atoms with Crippen molar-refractivity contribution in [1.29, 1.82) is 0 Å². The zero-order valence-corrected chi connectivity index (χ0v) is 13.7. The summed E-state index contributed by atoms with van der Waals surface area (Å²) in [4.78, 5) is 8.50. The molecule has 2 aliphatic rings. The number of alkyl halides is 3. The highest BCUT2D eigenvalue weighted by Gasteiger charge is 2.34. The summed E-state index contributed by atoms with van der Waals surface area (Å²) in [6.07, 6.45) is -1.42. The zero-order valence-electron chi connectivity index (χ0n) is 13.7. The molecule has 1 aliphatic heterocycles. The molecule has 5 nitrogen and oxygen atoms in total. The van der Waals surface area contributed by atoms with Gasteiger partial charge in [-0.05, 0) is 37.1 Å². The van der Waals surface area contributed by atoms with Gasteiger partial charge >= 0.3 is 6.18 Å². The van der Waals surface area contributed by atoms with Crippen LogP contribution in [-0.4, -0.2) is 21.3 Å². The zero-order chi connectivity index (χ0) is 17.9. The van der Waals surface area contributed by atoms with Crippen LogP contribution in [0.5, 0.6) is 5.75 Å². The number of halogens is 3. The van der Waals surface area contributed by atoms with E-state index in [2.05, 4.69) is 15.3 Å². The van der Waals surface area contributed by atoms with Gasteiger partial charge < -0.3 is 10.1 Å². The number of imidazole rings is 1. The number of nitrogens with zero attached hydrogens (tertiary/aromatic N) is 3. The minimum atomic E-state index is -4.50. The van der Waals surface area contributed by atoms with Gasteiger partial charge in [-0.3, -0.25) is 4.57 Å². The van der Waals surface area contributed by atoms with Crippen molar-refractivity contribution in [1.82, 2.24) is 14.5 Å². The Labute approximate surface area is 146 Å². The molecule has 134 valence electrons. The van der Waals surface area contributed by atoms with Gasteiger partial charge in [0.1, 0.15) is 22.8 Å². The summed E-state index contributed by atoms with van der Waals surface area (Å²) < 4.78 is 46.7. The van der Waals surface area contributed by atoms with Crippen LogP contribution in [0.25, 0.3) is 16.9 Å². The topological polar surface area (TPSA) is 52.0 Å². The first-order chi connectivity index (χ1) is 12.5. The molecular formula is C18H15F3N4O. The number of ether oxygens (including phenoxy) is 1. The van der Waals surface area contributed by atoms with Crippen LogP contribution in [0.3, 0.4) is 0 Å². The minimum absolute atomic E-state index is 0.229. The highest BCUT2D eigenvalue weighted by Crippen LogP contribution is 2.40. The first-order valence-corrected chi connectivity index (χ1v) is 8.48. The number of rotatable bonds is 2. The van der Waals surface area contributed by atoms with E-state index in [0.29, 0.717) is 23.7 Å². The number of anilines is 1. The van der Waals surface area contributed by atoms with Crippen LogP contribution in [0, 0.1) is 0 Å². The molecule has 8 heteroatoms. The van der Waals surface area contributed by atoms with Crippen LogP contribution in [-0.2, 0) is 6.18 Å². The SMILES string of the molecule is FC(F)(F)c1ccc2nc(C3CCC3)n(-c3ccc4c(c3)OCN4)c2n1. The number of aromatic nitrogens is 3. The lowest BCUT2D eigenvalue weighted by molar-refractivity contribution is -0.141. The Morgan fingerprint density at radius 3 is 2.69 bits per heavy atom. The third-order valence-corrected chi connectivity index (χ3v) is 5.00. The molecule has 1 saturated carbocycles. The summed E-state index contributed by atoms with van der Waals surface area (Å²) in [7, 11) is 0. The average molecular weight is 360 g/mol. The average Bonchev–Trinajstić information content (AvgIpc) is 3.14. The predicted molar refractivity (Wildman–Crippen MR) is 89.6 cm³/mol. The summed E-state index contributed by atoms with van der Waals surface area (Å²) in [5, 5.41) is 3.09. The first-order valence-electron chi connectivity index (χ1n) is 8.48. The molecule has 0 atom stereocenters. The Morgan fingerprint density at radius 2 is 1.96 bits per heavy atom.